The molecule has 0 heterocycles. The normalized spacial score (nSPS) is 13.7. The standard InChI is InChI=1S/C21H25.C13H10.C5H5.2ClH.Hf/c1-20(2,3)16-7-9-18-14(12-16)11-15-13-17(21(4,5)6)8-10-19(15)18;1-3-7-12(8-4-1)11-13-9-5-2-6-10-13;1-2-4-5-3-1;;;/h7-13H,1-6H3;1-10H;1-3H,4H2;2*1H;/q;;;;;+2/p-2. The molecule has 0 aromatic heterocycles. The molecule has 42 heavy (non-hydrogen) atoms. The number of hydrogen-bond acceptors (Lipinski definition) is 0. The summed E-state index contributed by atoms with van der Waals surface area (Å²) in [5.41, 5.74) is 11.9. The molecule has 0 bridgehead atoms. The predicted octanol–water partition coefficient (Wildman–Crippen LogP) is 4.09. The Kier molecular flexibility index (Phi) is 9.88. The second kappa shape index (κ2) is 12.7. The van der Waals surface area contributed by atoms with Gasteiger partial charge in [0.05, 0.1) is 0 Å². The Morgan fingerprint density at radius 3 is 1.45 bits per heavy atom. The number of allylic oxidation sites excluding steroid dienone is 4. The van der Waals surface area contributed by atoms with Gasteiger partial charge in [0.15, 0.2) is 0 Å². The van der Waals surface area contributed by atoms with Gasteiger partial charge in [0.2, 0.25) is 0 Å². The molecule has 214 valence electrons. The molecule has 0 nitrogen and oxygen atoms in total. The van der Waals surface area contributed by atoms with Crippen LogP contribution in [0.4, 0.5) is 0 Å². The van der Waals surface area contributed by atoms with E-state index in [2.05, 4.69) is 157 Å². The first-order chi connectivity index (χ1) is 19.1. The van der Waals surface area contributed by atoms with E-state index in [1.807, 2.05) is 0 Å². The van der Waals surface area contributed by atoms with Crippen molar-refractivity contribution in [2.24, 2.45) is 0 Å². The molecule has 4 aromatic rings. The molecule has 4 aromatic carbocycles. The smallest absolute Gasteiger partial charge is 1.00 e. The van der Waals surface area contributed by atoms with E-state index in [1.165, 1.54) is 33.4 Å². The summed E-state index contributed by atoms with van der Waals surface area (Å²) in [7, 11) is 0. The summed E-state index contributed by atoms with van der Waals surface area (Å²) in [5, 5.41) is 0. The number of benzene rings is 4. The van der Waals surface area contributed by atoms with Gasteiger partial charge in [-0.2, -0.15) is 0 Å². The van der Waals surface area contributed by atoms with Crippen LogP contribution < -0.4 is 24.8 Å². The SMILES string of the molecule is CC(C)(C)c1ccc2c(c1)[CH]([Hf+2]([C]1=CC=CC1)=[C](c1ccccc1)c1ccccc1)c1cc(C(C)(C)C)ccc1-2.[Cl-].[Cl-]. The Balaban J connectivity index is 0.00000202. The fourth-order valence-corrected chi connectivity index (χ4v) is 19.4. The minimum absolute atomic E-state index is 0. The van der Waals surface area contributed by atoms with Crippen LogP contribution >= 0.6 is 0 Å². The van der Waals surface area contributed by atoms with Crippen molar-refractivity contribution in [2.45, 2.75) is 62.5 Å². The third kappa shape index (κ3) is 6.17. The van der Waals surface area contributed by atoms with Crippen LogP contribution in [0.1, 0.15) is 85.0 Å². The Morgan fingerprint density at radius 1 is 0.619 bits per heavy atom. The number of fused-ring (bicyclic) bond motifs is 3. The molecule has 0 fully saturated rings. The van der Waals surface area contributed by atoms with Crippen LogP contribution in [0.5, 0.6) is 0 Å². The van der Waals surface area contributed by atoms with Gasteiger partial charge in [-0.05, 0) is 0 Å². The Morgan fingerprint density at radius 2 is 1.07 bits per heavy atom. The van der Waals surface area contributed by atoms with E-state index >= 15 is 0 Å². The van der Waals surface area contributed by atoms with Gasteiger partial charge >= 0.3 is 250 Å². The number of hydrogen-bond donors (Lipinski definition) is 0. The van der Waals surface area contributed by atoms with Crippen molar-refractivity contribution >= 4 is 3.26 Å². The molecule has 6 rings (SSSR count). The second-order valence-corrected chi connectivity index (χ2v) is 22.5. The van der Waals surface area contributed by atoms with E-state index in [9.17, 15) is 0 Å². The molecule has 0 aliphatic heterocycles. The average molecular weight is 758 g/mol. The summed E-state index contributed by atoms with van der Waals surface area (Å²) >= 11 is -2.90. The van der Waals surface area contributed by atoms with Gasteiger partial charge in [0, 0.05) is 0 Å². The maximum atomic E-state index is 2.58. The van der Waals surface area contributed by atoms with Crippen molar-refractivity contribution < 1.29 is 45.8 Å². The molecule has 0 atom stereocenters. The van der Waals surface area contributed by atoms with Crippen LogP contribution in [0.3, 0.4) is 0 Å². The topological polar surface area (TPSA) is 0 Å². The van der Waals surface area contributed by atoms with E-state index in [0.29, 0.717) is 3.67 Å². The Bertz CT molecular complexity index is 1560. The average Bonchev–Trinajstić information content (AvgIpc) is 3.58. The van der Waals surface area contributed by atoms with Crippen molar-refractivity contribution in [3.05, 3.63) is 152 Å². The quantitative estimate of drug-likeness (QED) is 0.276. The van der Waals surface area contributed by atoms with Crippen LogP contribution in [0, 0.1) is 0 Å². The monoisotopic (exact) mass is 758 g/mol. The predicted molar refractivity (Wildman–Crippen MR) is 169 cm³/mol. The molecule has 0 spiro atoms. The fourth-order valence-electron chi connectivity index (χ4n) is 6.33. The first-order valence-corrected chi connectivity index (χ1v) is 20.3. The van der Waals surface area contributed by atoms with Crippen LogP contribution in [-0.2, 0) is 31.8 Å². The molecule has 0 amide bonds. The second-order valence-electron chi connectivity index (χ2n) is 13.4. The molecular weight excluding hydrogens is 718 g/mol. The molecule has 3 heteroatoms. The summed E-state index contributed by atoms with van der Waals surface area (Å²) in [5.74, 6) is 0. The van der Waals surface area contributed by atoms with Gasteiger partial charge in [0.25, 0.3) is 0 Å². The van der Waals surface area contributed by atoms with E-state index < -0.39 is 21.0 Å². The molecule has 0 unspecified atom stereocenters. The summed E-state index contributed by atoms with van der Waals surface area (Å²) in [6.07, 6.45) is 8.25. The fraction of sp³-hybridized carbons (Fsp3) is 0.256. The van der Waals surface area contributed by atoms with Gasteiger partial charge in [-0.15, -0.1) is 0 Å². The zero-order chi connectivity index (χ0) is 28.1. The van der Waals surface area contributed by atoms with Crippen LogP contribution in [0.2, 0.25) is 0 Å². The maximum absolute atomic E-state index is 2.90. The third-order valence-corrected chi connectivity index (χ3v) is 20.7. The Labute approximate surface area is 272 Å². The minimum atomic E-state index is -2.90. The maximum Gasteiger partial charge on any atom is -1.00 e. The van der Waals surface area contributed by atoms with Gasteiger partial charge in [-0.25, -0.2) is 0 Å². The van der Waals surface area contributed by atoms with E-state index in [0.717, 1.165) is 6.42 Å². The van der Waals surface area contributed by atoms with E-state index in [1.54, 1.807) is 17.7 Å². The van der Waals surface area contributed by atoms with Crippen molar-refractivity contribution in [1.82, 2.24) is 0 Å². The van der Waals surface area contributed by atoms with Crippen molar-refractivity contribution in [2.75, 3.05) is 0 Å². The first-order valence-electron chi connectivity index (χ1n) is 14.6. The summed E-state index contributed by atoms with van der Waals surface area (Å²) in [6.45, 7) is 14.1. The number of halogens is 2. The summed E-state index contributed by atoms with van der Waals surface area (Å²) < 4.78 is 3.78. The van der Waals surface area contributed by atoms with E-state index in [-0.39, 0.29) is 35.6 Å². The van der Waals surface area contributed by atoms with Gasteiger partial charge in [-0.3, -0.25) is 0 Å². The van der Waals surface area contributed by atoms with E-state index in [4.69, 9.17) is 0 Å². The zero-order valence-corrected chi connectivity index (χ0v) is 30.6. The van der Waals surface area contributed by atoms with Crippen molar-refractivity contribution in [3.8, 4) is 11.1 Å². The molecule has 0 saturated carbocycles. The zero-order valence-electron chi connectivity index (χ0n) is 25.5. The van der Waals surface area contributed by atoms with Gasteiger partial charge < -0.3 is 24.8 Å². The van der Waals surface area contributed by atoms with Crippen LogP contribution in [0.15, 0.2) is 119 Å². The summed E-state index contributed by atoms with van der Waals surface area (Å²) in [4.78, 5) is 0. The molecule has 0 saturated heterocycles. The molecule has 0 N–H and O–H groups in total. The Hall–Kier alpha value is -2.32. The van der Waals surface area contributed by atoms with Crippen LogP contribution in [0.25, 0.3) is 11.1 Å². The van der Waals surface area contributed by atoms with Crippen LogP contribution in [-0.4, -0.2) is 3.26 Å². The van der Waals surface area contributed by atoms with Crippen molar-refractivity contribution in [3.63, 3.8) is 0 Å². The third-order valence-electron chi connectivity index (χ3n) is 8.55. The summed E-state index contributed by atoms with van der Waals surface area (Å²) in [6, 6.07) is 37.4. The molecule has 2 aliphatic rings. The number of rotatable bonds is 4. The molecule has 2 aliphatic carbocycles. The van der Waals surface area contributed by atoms with Gasteiger partial charge in [-0.1, -0.05) is 0 Å². The minimum Gasteiger partial charge on any atom is -1.00 e. The largest absolute Gasteiger partial charge is 1.00 e. The van der Waals surface area contributed by atoms with Gasteiger partial charge in [0.1, 0.15) is 0 Å². The molecular formula is C39H40Cl2Hf. The molecule has 0 radical (unpaired) electrons. The first kappa shape index (κ1) is 32.6. The van der Waals surface area contributed by atoms with Crippen molar-refractivity contribution in [1.29, 1.82) is 0 Å².